The molecule has 0 radical (unpaired) electrons. The van der Waals surface area contributed by atoms with E-state index in [0.717, 1.165) is 32.5 Å². The SMILES string of the molecule is CC/C=C/CCCOCC. The van der Waals surface area contributed by atoms with E-state index in [9.17, 15) is 0 Å². The number of hydrogen-bond acceptors (Lipinski definition) is 1. The number of allylic oxidation sites excluding steroid dienone is 2. The minimum atomic E-state index is 0.845. The van der Waals surface area contributed by atoms with Gasteiger partial charge in [0.1, 0.15) is 0 Å². The monoisotopic (exact) mass is 142 g/mol. The van der Waals surface area contributed by atoms with Crippen molar-refractivity contribution >= 4 is 0 Å². The molecule has 0 aromatic rings. The van der Waals surface area contributed by atoms with Gasteiger partial charge in [-0.15, -0.1) is 0 Å². The van der Waals surface area contributed by atoms with Crippen molar-refractivity contribution in [2.24, 2.45) is 0 Å². The Kier molecular flexibility index (Phi) is 8.44. The van der Waals surface area contributed by atoms with E-state index in [2.05, 4.69) is 19.1 Å². The number of ether oxygens (including phenoxy) is 1. The lowest BCUT2D eigenvalue weighted by Gasteiger charge is -1.96. The van der Waals surface area contributed by atoms with E-state index in [0.29, 0.717) is 0 Å². The standard InChI is InChI=1S/C9H18O/c1-3-5-6-7-8-9-10-4-2/h5-6H,3-4,7-9H2,1-2H3/b6-5+. The van der Waals surface area contributed by atoms with Crippen LogP contribution in [0.15, 0.2) is 12.2 Å². The van der Waals surface area contributed by atoms with Gasteiger partial charge in [-0.05, 0) is 26.2 Å². The Bertz CT molecular complexity index is 76.8. The van der Waals surface area contributed by atoms with Crippen molar-refractivity contribution < 1.29 is 4.74 Å². The second-order valence-electron chi connectivity index (χ2n) is 2.22. The van der Waals surface area contributed by atoms with Gasteiger partial charge in [-0.3, -0.25) is 0 Å². The van der Waals surface area contributed by atoms with Crippen LogP contribution in [0.25, 0.3) is 0 Å². The minimum Gasteiger partial charge on any atom is -0.382 e. The Morgan fingerprint density at radius 1 is 1.20 bits per heavy atom. The summed E-state index contributed by atoms with van der Waals surface area (Å²) in [6.45, 7) is 5.93. The predicted molar refractivity (Wildman–Crippen MR) is 45.2 cm³/mol. The summed E-state index contributed by atoms with van der Waals surface area (Å²) in [5.74, 6) is 0. The van der Waals surface area contributed by atoms with E-state index in [1.807, 2.05) is 6.92 Å². The van der Waals surface area contributed by atoms with E-state index < -0.39 is 0 Å². The van der Waals surface area contributed by atoms with E-state index in [1.165, 1.54) is 0 Å². The molecule has 0 atom stereocenters. The van der Waals surface area contributed by atoms with Crippen LogP contribution >= 0.6 is 0 Å². The summed E-state index contributed by atoms with van der Waals surface area (Å²) in [5, 5.41) is 0. The lowest BCUT2D eigenvalue weighted by atomic mass is 10.3. The van der Waals surface area contributed by atoms with Gasteiger partial charge >= 0.3 is 0 Å². The highest BCUT2D eigenvalue weighted by molar-refractivity contribution is 4.79. The molecule has 0 bridgehead atoms. The molecule has 0 spiro atoms. The predicted octanol–water partition coefficient (Wildman–Crippen LogP) is 2.77. The molecule has 0 amide bonds. The molecule has 0 heterocycles. The Balaban J connectivity index is 2.83. The Morgan fingerprint density at radius 3 is 2.60 bits per heavy atom. The molecule has 0 saturated carbocycles. The summed E-state index contributed by atoms with van der Waals surface area (Å²) < 4.78 is 5.18. The van der Waals surface area contributed by atoms with E-state index in [4.69, 9.17) is 4.74 Å². The van der Waals surface area contributed by atoms with Gasteiger partial charge in [-0.2, -0.15) is 0 Å². The third-order valence-corrected chi connectivity index (χ3v) is 1.27. The molecule has 10 heavy (non-hydrogen) atoms. The smallest absolute Gasteiger partial charge is 0.0468 e. The average molecular weight is 142 g/mol. The first kappa shape index (κ1) is 9.70. The zero-order valence-corrected chi connectivity index (χ0v) is 7.10. The highest BCUT2D eigenvalue weighted by atomic mass is 16.5. The molecule has 0 aliphatic rings. The molecule has 1 heteroatoms. The maximum absolute atomic E-state index is 5.18. The zero-order valence-electron chi connectivity index (χ0n) is 7.10. The number of rotatable bonds is 6. The van der Waals surface area contributed by atoms with Crippen molar-refractivity contribution in [1.29, 1.82) is 0 Å². The average Bonchev–Trinajstić information content (AvgIpc) is 1.97. The van der Waals surface area contributed by atoms with Crippen LogP contribution in [0.4, 0.5) is 0 Å². The van der Waals surface area contributed by atoms with Gasteiger partial charge in [0, 0.05) is 13.2 Å². The molecule has 0 aliphatic carbocycles. The quantitative estimate of drug-likeness (QED) is 0.409. The fourth-order valence-corrected chi connectivity index (χ4v) is 0.732. The first-order valence-corrected chi connectivity index (χ1v) is 4.14. The fraction of sp³-hybridized carbons (Fsp3) is 0.778. The minimum absolute atomic E-state index is 0.845. The van der Waals surface area contributed by atoms with Crippen molar-refractivity contribution in [3.63, 3.8) is 0 Å². The van der Waals surface area contributed by atoms with Crippen molar-refractivity contribution in [3.05, 3.63) is 12.2 Å². The fourth-order valence-electron chi connectivity index (χ4n) is 0.732. The molecule has 0 rings (SSSR count). The second-order valence-corrected chi connectivity index (χ2v) is 2.22. The maximum atomic E-state index is 5.18. The van der Waals surface area contributed by atoms with Gasteiger partial charge < -0.3 is 4.74 Å². The molecule has 0 unspecified atom stereocenters. The van der Waals surface area contributed by atoms with Gasteiger partial charge in [0.15, 0.2) is 0 Å². The van der Waals surface area contributed by atoms with Crippen molar-refractivity contribution in [1.82, 2.24) is 0 Å². The maximum Gasteiger partial charge on any atom is 0.0468 e. The molecular weight excluding hydrogens is 124 g/mol. The van der Waals surface area contributed by atoms with Gasteiger partial charge in [-0.1, -0.05) is 19.1 Å². The molecule has 0 aliphatic heterocycles. The van der Waals surface area contributed by atoms with Crippen LogP contribution in [0.5, 0.6) is 0 Å². The van der Waals surface area contributed by atoms with Crippen LogP contribution < -0.4 is 0 Å². The van der Waals surface area contributed by atoms with E-state index in [1.54, 1.807) is 0 Å². The van der Waals surface area contributed by atoms with Gasteiger partial charge in [-0.25, -0.2) is 0 Å². The Hall–Kier alpha value is -0.300. The van der Waals surface area contributed by atoms with Crippen molar-refractivity contribution in [2.45, 2.75) is 33.1 Å². The van der Waals surface area contributed by atoms with Crippen LogP contribution in [-0.2, 0) is 4.74 Å². The summed E-state index contributed by atoms with van der Waals surface area (Å²) in [6.07, 6.45) is 7.89. The highest BCUT2D eigenvalue weighted by Gasteiger charge is 1.81. The zero-order chi connectivity index (χ0) is 7.66. The molecular formula is C9H18O. The second kappa shape index (κ2) is 8.70. The first-order valence-electron chi connectivity index (χ1n) is 4.14. The summed E-state index contributed by atoms with van der Waals surface area (Å²) in [7, 11) is 0. The summed E-state index contributed by atoms with van der Waals surface area (Å²) in [5.41, 5.74) is 0. The third kappa shape index (κ3) is 7.70. The van der Waals surface area contributed by atoms with Gasteiger partial charge in [0.05, 0.1) is 0 Å². The molecule has 1 nitrogen and oxygen atoms in total. The Labute approximate surface area is 64.1 Å². The number of hydrogen-bond donors (Lipinski definition) is 0. The highest BCUT2D eigenvalue weighted by Crippen LogP contribution is 1.92. The van der Waals surface area contributed by atoms with Gasteiger partial charge in [0.25, 0.3) is 0 Å². The largest absolute Gasteiger partial charge is 0.382 e. The van der Waals surface area contributed by atoms with E-state index in [-0.39, 0.29) is 0 Å². The topological polar surface area (TPSA) is 9.23 Å². The third-order valence-electron chi connectivity index (χ3n) is 1.27. The van der Waals surface area contributed by atoms with Crippen LogP contribution in [-0.4, -0.2) is 13.2 Å². The molecule has 0 aromatic carbocycles. The van der Waals surface area contributed by atoms with Gasteiger partial charge in [0.2, 0.25) is 0 Å². The summed E-state index contributed by atoms with van der Waals surface area (Å²) in [6, 6.07) is 0. The molecule has 60 valence electrons. The van der Waals surface area contributed by atoms with Crippen LogP contribution in [0.1, 0.15) is 33.1 Å². The molecule has 0 aromatic heterocycles. The van der Waals surface area contributed by atoms with Crippen LogP contribution in [0, 0.1) is 0 Å². The number of unbranched alkanes of at least 4 members (excludes halogenated alkanes) is 1. The molecule has 0 saturated heterocycles. The summed E-state index contributed by atoms with van der Waals surface area (Å²) in [4.78, 5) is 0. The lowest BCUT2D eigenvalue weighted by molar-refractivity contribution is 0.145. The van der Waals surface area contributed by atoms with Crippen molar-refractivity contribution in [2.75, 3.05) is 13.2 Å². The van der Waals surface area contributed by atoms with E-state index >= 15 is 0 Å². The first-order chi connectivity index (χ1) is 4.91. The molecule has 0 N–H and O–H groups in total. The summed E-state index contributed by atoms with van der Waals surface area (Å²) >= 11 is 0. The Morgan fingerprint density at radius 2 is 2.00 bits per heavy atom. The molecule has 0 fully saturated rings. The normalized spacial score (nSPS) is 11.0. The van der Waals surface area contributed by atoms with Crippen LogP contribution in [0.3, 0.4) is 0 Å². The van der Waals surface area contributed by atoms with Crippen LogP contribution in [0.2, 0.25) is 0 Å². The lowest BCUT2D eigenvalue weighted by Crippen LogP contribution is -1.91. The van der Waals surface area contributed by atoms with Crippen molar-refractivity contribution in [3.8, 4) is 0 Å².